The normalized spacial score (nSPS) is 14.2. The number of nitrogens with one attached hydrogen (secondary N) is 2. The van der Waals surface area contributed by atoms with Gasteiger partial charge in [0, 0.05) is 34.3 Å². The number of rotatable bonds is 10. The van der Waals surface area contributed by atoms with E-state index in [1.807, 2.05) is 13.0 Å². The van der Waals surface area contributed by atoms with Gasteiger partial charge in [-0.1, -0.05) is 36.4 Å². The Kier molecular flexibility index (Phi) is 9.33. The summed E-state index contributed by atoms with van der Waals surface area (Å²) in [6.45, 7) is 2.19. The van der Waals surface area contributed by atoms with Gasteiger partial charge in [0.1, 0.15) is 14.7 Å². The van der Waals surface area contributed by atoms with Gasteiger partial charge in [-0.15, -0.1) is 0 Å². The van der Waals surface area contributed by atoms with Gasteiger partial charge in [-0.2, -0.15) is 49.7 Å². The van der Waals surface area contributed by atoms with Gasteiger partial charge in [0.15, 0.2) is 5.71 Å². The van der Waals surface area contributed by atoms with E-state index < -0.39 is 68.3 Å². The Labute approximate surface area is 294 Å². The van der Waals surface area contributed by atoms with Crippen molar-refractivity contribution >= 4 is 87.7 Å². The van der Waals surface area contributed by atoms with Crippen LogP contribution < -0.4 is 15.6 Å². The van der Waals surface area contributed by atoms with Crippen molar-refractivity contribution in [3.63, 3.8) is 0 Å². The summed E-state index contributed by atoms with van der Waals surface area (Å²) in [6.07, 6.45) is -0.187. The molecular formula is C31H24FN7O10S3. The number of aromatic nitrogens is 3. The van der Waals surface area contributed by atoms with Crippen molar-refractivity contribution in [2.24, 2.45) is 5.10 Å². The van der Waals surface area contributed by atoms with Gasteiger partial charge in [0.05, 0.1) is 5.69 Å². The molecule has 0 amide bonds. The summed E-state index contributed by atoms with van der Waals surface area (Å²) in [6, 6.07) is 18.1. The number of nitrogens with zero attached hydrogens (tertiary/aromatic N) is 5. The Balaban J connectivity index is 1.37. The van der Waals surface area contributed by atoms with E-state index in [2.05, 4.69) is 30.8 Å². The second kappa shape index (κ2) is 13.4. The molecule has 0 bridgehead atoms. The summed E-state index contributed by atoms with van der Waals surface area (Å²) in [4.78, 5) is 24.4. The van der Waals surface area contributed by atoms with Gasteiger partial charge in [-0.05, 0) is 61.0 Å². The van der Waals surface area contributed by atoms with E-state index in [1.165, 1.54) is 18.2 Å². The Bertz CT molecular complexity index is 2690. The number of anilines is 5. The van der Waals surface area contributed by atoms with Crippen LogP contribution in [-0.2, 0) is 30.4 Å². The van der Waals surface area contributed by atoms with Gasteiger partial charge in [0.2, 0.25) is 17.7 Å². The van der Waals surface area contributed by atoms with Crippen molar-refractivity contribution in [1.82, 2.24) is 15.0 Å². The molecule has 0 atom stereocenters. The molecule has 1 heterocycles. The van der Waals surface area contributed by atoms with Crippen LogP contribution in [0.4, 0.5) is 33.3 Å². The predicted octanol–water partition coefficient (Wildman–Crippen LogP) is 4.45. The first-order chi connectivity index (χ1) is 24.5. The molecule has 0 saturated heterocycles. The number of para-hydroxylation sites is 1. The Morgan fingerprint density at radius 1 is 0.808 bits per heavy atom. The Morgan fingerprint density at radius 3 is 2.19 bits per heavy atom. The first kappa shape index (κ1) is 36.1. The largest absolute Gasteiger partial charge is 0.324 e. The number of carbonyl (C=O) groups is 1. The van der Waals surface area contributed by atoms with E-state index in [0.29, 0.717) is 12.2 Å². The number of allylic oxidation sites excluding steroid dienone is 1. The molecule has 6 rings (SSSR count). The maximum absolute atomic E-state index is 14.5. The highest BCUT2D eigenvalue weighted by Crippen LogP contribution is 2.35. The van der Waals surface area contributed by atoms with Crippen molar-refractivity contribution in [3.05, 3.63) is 101 Å². The van der Waals surface area contributed by atoms with E-state index in [1.54, 1.807) is 29.2 Å². The van der Waals surface area contributed by atoms with Crippen LogP contribution in [0.15, 0.2) is 98.7 Å². The summed E-state index contributed by atoms with van der Waals surface area (Å²) in [7, 11) is -15.2. The van der Waals surface area contributed by atoms with Crippen LogP contribution in [0.3, 0.4) is 0 Å². The van der Waals surface area contributed by atoms with E-state index >= 15 is 0 Å². The highest BCUT2D eigenvalue weighted by atomic mass is 32.2. The second-order valence-electron chi connectivity index (χ2n) is 10.9. The van der Waals surface area contributed by atoms with E-state index in [4.69, 9.17) is 0 Å². The van der Waals surface area contributed by atoms with Gasteiger partial charge < -0.3 is 10.2 Å². The first-order valence-electron chi connectivity index (χ1n) is 14.7. The van der Waals surface area contributed by atoms with Crippen LogP contribution in [0.25, 0.3) is 16.8 Å². The third-order valence-corrected chi connectivity index (χ3v) is 10.3. The topological polar surface area (TPSA) is 259 Å². The fraction of sp³-hybridized carbons (Fsp3) is 0.0645. The van der Waals surface area contributed by atoms with Crippen LogP contribution in [0.2, 0.25) is 0 Å². The summed E-state index contributed by atoms with van der Waals surface area (Å²) in [5.74, 6) is -1.28. The van der Waals surface area contributed by atoms with E-state index in [0.717, 1.165) is 36.4 Å². The molecule has 1 aromatic heterocycles. The Hall–Kier alpha value is -5.71. The molecule has 4 aromatic carbocycles. The van der Waals surface area contributed by atoms with Crippen LogP contribution >= 0.6 is 0 Å². The van der Waals surface area contributed by atoms with Crippen LogP contribution in [-0.4, -0.2) is 71.9 Å². The summed E-state index contributed by atoms with van der Waals surface area (Å²) >= 11 is 0. The molecule has 268 valence electrons. The minimum atomic E-state index is -5.17. The van der Waals surface area contributed by atoms with Gasteiger partial charge in [0.25, 0.3) is 30.4 Å². The number of benzene rings is 4. The average Bonchev–Trinajstić information content (AvgIpc) is 3.06. The molecule has 5 aromatic rings. The highest BCUT2D eigenvalue weighted by Gasteiger charge is 2.33. The number of hydrazone groups is 1. The smallest absolute Gasteiger partial charge is 0.315 e. The lowest BCUT2D eigenvalue weighted by molar-refractivity contribution is 0.106. The van der Waals surface area contributed by atoms with Crippen molar-refractivity contribution in [1.29, 1.82) is 0 Å². The zero-order valence-corrected chi connectivity index (χ0v) is 28.8. The lowest BCUT2D eigenvalue weighted by atomic mass is 9.94. The molecule has 0 unspecified atom stereocenters. The molecule has 52 heavy (non-hydrogen) atoms. The zero-order valence-electron chi connectivity index (χ0n) is 26.3. The molecular weight excluding hydrogens is 746 g/mol. The van der Waals surface area contributed by atoms with Crippen LogP contribution in [0.5, 0.6) is 0 Å². The zero-order chi connectivity index (χ0) is 37.6. The van der Waals surface area contributed by atoms with E-state index in [9.17, 15) is 48.1 Å². The number of hydrogen-bond donors (Lipinski definition) is 5. The second-order valence-corrected chi connectivity index (χ2v) is 15.0. The molecule has 1 aliphatic carbocycles. The van der Waals surface area contributed by atoms with Crippen molar-refractivity contribution in [2.45, 2.75) is 16.7 Å². The van der Waals surface area contributed by atoms with Crippen LogP contribution in [0, 0.1) is 6.08 Å². The Morgan fingerprint density at radius 2 is 1.54 bits per heavy atom. The maximum Gasteiger partial charge on any atom is 0.315 e. The number of fused-ring (bicyclic) bond motifs is 2. The molecule has 0 fully saturated rings. The molecule has 1 aliphatic rings. The van der Waals surface area contributed by atoms with Crippen molar-refractivity contribution in [3.8, 4) is 0 Å². The molecule has 21 heteroatoms. The molecule has 0 saturated carbocycles. The van der Waals surface area contributed by atoms with Gasteiger partial charge >= 0.3 is 6.08 Å². The number of hydrogen-bond acceptors (Lipinski definition) is 14. The number of halogens is 1. The monoisotopic (exact) mass is 769 g/mol. The van der Waals surface area contributed by atoms with Gasteiger partial charge in [-0.3, -0.25) is 23.9 Å². The fourth-order valence-electron chi connectivity index (χ4n) is 5.42. The fourth-order valence-corrected chi connectivity index (χ4v) is 7.63. The third kappa shape index (κ3) is 7.21. The summed E-state index contributed by atoms with van der Waals surface area (Å²) < 4.78 is 118. The molecule has 17 nitrogen and oxygen atoms in total. The number of carbonyl (C=O) groups excluding carboxylic acids is 1. The summed E-state index contributed by atoms with van der Waals surface area (Å²) in [5, 5.41) is 5.88. The predicted molar refractivity (Wildman–Crippen MR) is 187 cm³/mol. The average molecular weight is 770 g/mol. The lowest BCUT2D eigenvalue weighted by Gasteiger charge is -2.21. The molecule has 0 spiro atoms. The number of ketones is 1. The maximum atomic E-state index is 14.5. The van der Waals surface area contributed by atoms with Gasteiger partial charge in [-0.25, -0.2) is 0 Å². The van der Waals surface area contributed by atoms with Crippen molar-refractivity contribution in [2.75, 3.05) is 22.2 Å². The minimum absolute atomic E-state index is 0.0128. The molecule has 0 radical (unpaired) electrons. The van der Waals surface area contributed by atoms with Crippen LogP contribution in [0.1, 0.15) is 22.8 Å². The lowest BCUT2D eigenvalue weighted by Crippen LogP contribution is -2.27. The summed E-state index contributed by atoms with van der Waals surface area (Å²) in [5.41, 5.74) is 1.51. The standard InChI is InChI=1S/C31H24FN7O10S3/c1-2-39(19-7-4-3-5-8-19)31-35-29(32)34-30(36-31)33-18-11-12-20-17(15-18)16-25(51(44,45)46)26(27(20)40)38-37-23-14-13-21-22(28(23)52(47,48)49)9-6-10-24(21)50(41,42)43/h3-16,37H,2H2,1H3,(H,41,42,43)(H,44,45,46)(H,47,48,49)(H,33,34,35,36). The van der Waals surface area contributed by atoms with E-state index in [-0.39, 0.29) is 39.5 Å². The minimum Gasteiger partial charge on any atom is -0.324 e. The molecule has 5 N–H and O–H groups in total. The molecule has 0 aliphatic heterocycles. The first-order valence-corrected chi connectivity index (χ1v) is 19.0. The highest BCUT2D eigenvalue weighted by molar-refractivity contribution is 7.91. The SMILES string of the molecule is CCN(c1ccccc1)c1nc(F)nc(Nc2ccc3c(c2)C=C(S(=O)(=O)O)C(=NNc2ccc4c(S(=O)(=O)O)cccc4c2S(=O)(=O)O)C3=O)n1. The third-order valence-electron chi connectivity index (χ3n) is 7.58. The quantitative estimate of drug-likeness (QED) is 0.0971. The van der Waals surface area contributed by atoms with Crippen molar-refractivity contribution < 1.29 is 48.1 Å². The number of Topliss-reactive ketones (excluding diaryl/α,β-unsaturated/α-hetero) is 1.